The lowest BCUT2D eigenvalue weighted by Crippen LogP contribution is -2.63. The molecule has 1 aromatic heterocycles. The number of β-lactam (4-membered cyclic amide) rings is 1. The van der Waals surface area contributed by atoms with Gasteiger partial charge in [0.25, 0.3) is 0 Å². The predicted octanol–water partition coefficient (Wildman–Crippen LogP) is 4.33. The molecule has 2 saturated heterocycles. The molecule has 2 aliphatic rings. The third kappa shape index (κ3) is 3.55. The third-order valence-corrected chi connectivity index (χ3v) is 8.58. The van der Waals surface area contributed by atoms with Crippen molar-refractivity contribution < 1.29 is 14.3 Å². The SMILES string of the molecule is Cc1ncsc1C1(C(=O)OC(c2ccccc2)c2ccccc2)CS[C@@H]2CC(=O)N2C1. The molecule has 2 aliphatic heterocycles. The standard InChI is InChI=1S/C24H22N2O3S2/c1-16-22(31-15-25-16)24(13-26-19(27)12-20(26)30-14-24)23(28)29-21(17-8-4-2-5-9-17)18-10-6-3-7-11-18/h2-11,15,20-21H,12-14H2,1H3/t20-,24?/m1/s1. The van der Waals surface area contributed by atoms with Crippen LogP contribution in [0.15, 0.2) is 66.2 Å². The lowest BCUT2D eigenvalue weighted by Gasteiger charge is -2.50. The highest BCUT2D eigenvalue weighted by molar-refractivity contribution is 8.00. The molecular weight excluding hydrogens is 428 g/mol. The molecule has 3 aromatic rings. The van der Waals surface area contributed by atoms with E-state index in [1.807, 2.05) is 72.5 Å². The average molecular weight is 451 g/mol. The Morgan fingerprint density at radius 2 is 1.77 bits per heavy atom. The Hall–Kier alpha value is -2.64. The van der Waals surface area contributed by atoms with Gasteiger partial charge in [-0.05, 0) is 18.1 Å². The van der Waals surface area contributed by atoms with E-state index in [-0.39, 0.29) is 17.3 Å². The number of nitrogens with zero attached hydrogens (tertiary/aromatic N) is 2. The van der Waals surface area contributed by atoms with Gasteiger partial charge < -0.3 is 9.64 Å². The van der Waals surface area contributed by atoms with Gasteiger partial charge in [0.1, 0.15) is 5.41 Å². The Labute approximate surface area is 189 Å². The maximum absolute atomic E-state index is 13.9. The monoisotopic (exact) mass is 450 g/mol. The van der Waals surface area contributed by atoms with Gasteiger partial charge in [-0.3, -0.25) is 9.59 Å². The fourth-order valence-corrected chi connectivity index (χ4v) is 6.80. The number of aryl methyl sites for hydroxylation is 1. The van der Waals surface area contributed by atoms with Gasteiger partial charge in [0.15, 0.2) is 6.10 Å². The highest BCUT2D eigenvalue weighted by atomic mass is 32.2. The quantitative estimate of drug-likeness (QED) is 0.428. The molecule has 0 radical (unpaired) electrons. The molecule has 0 spiro atoms. The number of thiazole rings is 1. The smallest absolute Gasteiger partial charge is 0.321 e. The number of aromatic nitrogens is 1. The molecule has 5 nitrogen and oxygen atoms in total. The fraction of sp³-hybridized carbons (Fsp3) is 0.292. The van der Waals surface area contributed by atoms with Crippen molar-refractivity contribution in [1.29, 1.82) is 0 Å². The molecule has 0 saturated carbocycles. The van der Waals surface area contributed by atoms with Gasteiger partial charge in [-0.2, -0.15) is 0 Å². The second kappa shape index (κ2) is 8.13. The summed E-state index contributed by atoms with van der Waals surface area (Å²) in [5, 5.41) is 0.167. The Morgan fingerprint density at radius 3 is 2.32 bits per heavy atom. The topological polar surface area (TPSA) is 59.5 Å². The molecule has 7 heteroatoms. The number of thioether (sulfide) groups is 1. The minimum absolute atomic E-state index is 0.0965. The van der Waals surface area contributed by atoms with Crippen LogP contribution in [0.2, 0.25) is 0 Å². The molecular formula is C24H22N2O3S2. The Bertz CT molecular complexity index is 1060. The van der Waals surface area contributed by atoms with E-state index in [2.05, 4.69) is 4.98 Å². The summed E-state index contributed by atoms with van der Waals surface area (Å²) in [6.45, 7) is 2.27. The van der Waals surface area contributed by atoms with Gasteiger partial charge in [0.05, 0.1) is 23.0 Å². The number of esters is 1. The fourth-order valence-electron chi connectivity index (χ4n) is 4.26. The molecule has 2 atom stereocenters. The summed E-state index contributed by atoms with van der Waals surface area (Å²) in [7, 11) is 0. The number of carbonyl (C=O) groups is 2. The summed E-state index contributed by atoms with van der Waals surface area (Å²) in [5.41, 5.74) is 3.51. The van der Waals surface area contributed by atoms with Crippen LogP contribution in [0, 0.1) is 6.92 Å². The number of benzene rings is 2. The van der Waals surface area contributed by atoms with E-state index in [9.17, 15) is 9.59 Å². The number of ether oxygens (including phenoxy) is 1. The van der Waals surface area contributed by atoms with Crippen molar-refractivity contribution in [2.24, 2.45) is 0 Å². The molecule has 0 bridgehead atoms. The van der Waals surface area contributed by atoms with Crippen molar-refractivity contribution >= 4 is 35.0 Å². The average Bonchev–Trinajstić information content (AvgIpc) is 3.24. The number of amides is 1. The molecule has 2 fully saturated rings. The van der Waals surface area contributed by atoms with Gasteiger partial charge in [0.2, 0.25) is 5.91 Å². The Balaban J connectivity index is 1.53. The van der Waals surface area contributed by atoms with Gasteiger partial charge in [-0.1, -0.05) is 60.7 Å². The molecule has 2 aromatic carbocycles. The first-order valence-electron chi connectivity index (χ1n) is 10.2. The second-order valence-electron chi connectivity index (χ2n) is 7.95. The number of hydrogen-bond donors (Lipinski definition) is 0. The Kier molecular flexibility index (Phi) is 5.32. The largest absolute Gasteiger partial charge is 0.452 e. The van der Waals surface area contributed by atoms with Crippen LogP contribution >= 0.6 is 23.1 Å². The summed E-state index contributed by atoms with van der Waals surface area (Å²) >= 11 is 3.13. The van der Waals surface area contributed by atoms with Gasteiger partial charge in [-0.15, -0.1) is 23.1 Å². The second-order valence-corrected chi connectivity index (χ2v) is 9.97. The van der Waals surface area contributed by atoms with Crippen molar-refractivity contribution in [2.45, 2.75) is 30.2 Å². The van der Waals surface area contributed by atoms with Crippen LogP contribution in [-0.4, -0.2) is 39.4 Å². The molecule has 0 aliphatic carbocycles. The molecule has 5 rings (SSSR count). The Morgan fingerprint density at radius 1 is 1.13 bits per heavy atom. The number of hydrogen-bond acceptors (Lipinski definition) is 6. The van der Waals surface area contributed by atoms with E-state index in [4.69, 9.17) is 4.74 Å². The van der Waals surface area contributed by atoms with Gasteiger partial charge >= 0.3 is 5.97 Å². The van der Waals surface area contributed by atoms with E-state index >= 15 is 0 Å². The van der Waals surface area contributed by atoms with Crippen LogP contribution in [0.25, 0.3) is 0 Å². The van der Waals surface area contributed by atoms with Crippen molar-refractivity contribution in [3.63, 3.8) is 0 Å². The summed E-state index contributed by atoms with van der Waals surface area (Å²) in [6.07, 6.45) is 0.0310. The molecule has 31 heavy (non-hydrogen) atoms. The van der Waals surface area contributed by atoms with Gasteiger partial charge in [0, 0.05) is 17.2 Å². The van der Waals surface area contributed by atoms with Crippen LogP contribution < -0.4 is 0 Å². The number of rotatable bonds is 5. The highest BCUT2D eigenvalue weighted by Crippen LogP contribution is 2.46. The molecule has 1 amide bonds. The summed E-state index contributed by atoms with van der Waals surface area (Å²) in [5.74, 6) is 0.377. The lowest BCUT2D eigenvalue weighted by molar-refractivity contribution is -0.158. The molecule has 1 unspecified atom stereocenters. The van der Waals surface area contributed by atoms with E-state index in [1.54, 1.807) is 17.3 Å². The van der Waals surface area contributed by atoms with Crippen molar-refractivity contribution in [1.82, 2.24) is 9.88 Å². The minimum Gasteiger partial charge on any atom is -0.452 e. The van der Waals surface area contributed by atoms with Crippen molar-refractivity contribution in [2.75, 3.05) is 12.3 Å². The first-order valence-corrected chi connectivity index (χ1v) is 12.1. The van der Waals surface area contributed by atoms with E-state index in [0.29, 0.717) is 18.7 Å². The third-order valence-electron chi connectivity index (χ3n) is 5.98. The first kappa shape index (κ1) is 20.3. The molecule has 3 heterocycles. The molecule has 0 N–H and O–H groups in total. The highest BCUT2D eigenvalue weighted by Gasteiger charge is 2.55. The molecule has 158 valence electrons. The van der Waals surface area contributed by atoms with Crippen molar-refractivity contribution in [3.05, 3.63) is 87.9 Å². The zero-order chi connectivity index (χ0) is 21.4. The zero-order valence-electron chi connectivity index (χ0n) is 17.1. The number of fused-ring (bicyclic) bond motifs is 1. The van der Waals surface area contributed by atoms with E-state index in [1.165, 1.54) is 11.3 Å². The first-order chi connectivity index (χ1) is 15.1. The lowest BCUT2D eigenvalue weighted by atomic mass is 9.85. The summed E-state index contributed by atoms with van der Waals surface area (Å²) in [6, 6.07) is 19.6. The van der Waals surface area contributed by atoms with Crippen molar-refractivity contribution in [3.8, 4) is 0 Å². The maximum atomic E-state index is 13.9. The zero-order valence-corrected chi connectivity index (χ0v) is 18.7. The van der Waals surface area contributed by atoms with E-state index in [0.717, 1.165) is 21.7 Å². The van der Waals surface area contributed by atoms with Crippen LogP contribution in [0.5, 0.6) is 0 Å². The normalized spacial score (nSPS) is 22.7. The van der Waals surface area contributed by atoms with Crippen LogP contribution in [-0.2, 0) is 19.7 Å². The van der Waals surface area contributed by atoms with E-state index < -0.39 is 11.5 Å². The maximum Gasteiger partial charge on any atom is 0.321 e. The van der Waals surface area contributed by atoms with Crippen LogP contribution in [0.4, 0.5) is 0 Å². The van der Waals surface area contributed by atoms with Crippen LogP contribution in [0.1, 0.15) is 34.2 Å². The summed E-state index contributed by atoms with van der Waals surface area (Å²) in [4.78, 5) is 33.3. The van der Waals surface area contributed by atoms with Gasteiger partial charge in [-0.25, -0.2) is 4.98 Å². The summed E-state index contributed by atoms with van der Waals surface area (Å²) < 4.78 is 6.28. The van der Waals surface area contributed by atoms with Crippen LogP contribution in [0.3, 0.4) is 0 Å². The number of carbonyl (C=O) groups excluding carboxylic acids is 2. The minimum atomic E-state index is -0.912. The predicted molar refractivity (Wildman–Crippen MR) is 122 cm³/mol.